The normalized spacial score (nSPS) is 11.1. The van der Waals surface area contributed by atoms with Crippen molar-refractivity contribution in [3.63, 3.8) is 0 Å². The van der Waals surface area contributed by atoms with Gasteiger partial charge in [0.1, 0.15) is 0 Å². The predicted octanol–water partition coefficient (Wildman–Crippen LogP) is 17.6. The Morgan fingerprint density at radius 1 is 0.167 bits per heavy atom. The lowest BCUT2D eigenvalue weighted by molar-refractivity contribution is 1.18. The minimum atomic E-state index is 0.695. The van der Waals surface area contributed by atoms with Gasteiger partial charge in [0, 0.05) is 58.2 Å². The smallest absolute Gasteiger partial charge is 0.159 e. The number of hydrogen-bond donors (Lipinski definition) is 0. The molecule has 9 aromatic carbocycles. The van der Waals surface area contributed by atoms with Crippen LogP contribution in [-0.4, -0.2) is 19.9 Å². The first-order chi connectivity index (χ1) is 35.7. The Hall–Kier alpha value is -9.64. The Morgan fingerprint density at radius 2 is 0.458 bits per heavy atom. The molecule has 0 spiro atoms. The maximum absolute atomic E-state index is 5.07. The van der Waals surface area contributed by atoms with Crippen LogP contribution in [-0.2, 0) is 0 Å². The Bertz CT molecular complexity index is 3630. The highest BCUT2D eigenvalue weighted by Crippen LogP contribution is 2.42. The van der Waals surface area contributed by atoms with Crippen molar-refractivity contribution in [3.8, 4) is 123 Å². The van der Waals surface area contributed by atoms with Crippen LogP contribution in [0.1, 0.15) is 0 Å². The van der Waals surface area contributed by atoms with E-state index in [1.807, 2.05) is 67.3 Å². The second-order valence-electron chi connectivity index (χ2n) is 17.9. The molecule has 0 amide bonds. The van der Waals surface area contributed by atoms with Crippen LogP contribution < -0.4 is 0 Å². The molecule has 4 heteroatoms. The fourth-order valence-electron chi connectivity index (χ4n) is 9.68. The summed E-state index contributed by atoms with van der Waals surface area (Å²) in [6.45, 7) is 0. The highest BCUT2D eigenvalue weighted by molar-refractivity contribution is 5.94. The maximum atomic E-state index is 5.07. The number of rotatable bonds is 11. The van der Waals surface area contributed by atoms with Crippen molar-refractivity contribution in [1.82, 2.24) is 19.9 Å². The van der Waals surface area contributed by atoms with Crippen molar-refractivity contribution >= 4 is 0 Å². The first-order valence-electron chi connectivity index (χ1n) is 24.2. The third-order valence-electron chi connectivity index (χ3n) is 13.3. The molecule has 338 valence electrons. The van der Waals surface area contributed by atoms with Gasteiger partial charge in [-0.1, -0.05) is 212 Å². The van der Waals surface area contributed by atoms with Gasteiger partial charge >= 0.3 is 0 Å². The van der Waals surface area contributed by atoms with Crippen LogP contribution in [0.3, 0.4) is 0 Å². The van der Waals surface area contributed by atoms with Crippen molar-refractivity contribution in [1.29, 1.82) is 0 Å². The zero-order valence-corrected chi connectivity index (χ0v) is 39.3. The average molecular weight is 919 g/mol. The molecule has 0 fully saturated rings. The Labute approximate surface area is 420 Å². The number of hydrogen-bond acceptors (Lipinski definition) is 4. The monoisotopic (exact) mass is 918 g/mol. The van der Waals surface area contributed by atoms with Crippen molar-refractivity contribution < 1.29 is 0 Å². The molecular formula is C68H46N4. The van der Waals surface area contributed by atoms with Gasteiger partial charge in [0.15, 0.2) is 5.82 Å². The molecule has 0 radical (unpaired) electrons. The van der Waals surface area contributed by atoms with Gasteiger partial charge in [-0.3, -0.25) is 9.97 Å². The van der Waals surface area contributed by atoms with E-state index in [1.54, 1.807) is 0 Å². The van der Waals surface area contributed by atoms with Gasteiger partial charge in [0.2, 0.25) is 0 Å². The highest BCUT2D eigenvalue weighted by atomic mass is 14.9. The molecule has 0 bridgehead atoms. The third-order valence-corrected chi connectivity index (χ3v) is 13.3. The number of nitrogens with zero attached hydrogens (tertiary/aromatic N) is 4. The highest BCUT2D eigenvalue weighted by Gasteiger charge is 2.18. The van der Waals surface area contributed by atoms with E-state index in [0.29, 0.717) is 5.82 Å². The minimum absolute atomic E-state index is 0.695. The second kappa shape index (κ2) is 19.8. The number of pyridine rings is 2. The number of benzene rings is 9. The molecule has 0 unspecified atom stereocenters. The van der Waals surface area contributed by atoms with Crippen LogP contribution in [0, 0.1) is 0 Å². The topological polar surface area (TPSA) is 51.6 Å². The lowest BCUT2D eigenvalue weighted by Crippen LogP contribution is -1.94. The minimum Gasteiger partial charge on any atom is -0.256 e. The van der Waals surface area contributed by atoms with Gasteiger partial charge in [0.25, 0.3) is 0 Å². The van der Waals surface area contributed by atoms with E-state index in [9.17, 15) is 0 Å². The molecule has 4 nitrogen and oxygen atoms in total. The fourth-order valence-corrected chi connectivity index (χ4v) is 9.68. The first-order valence-corrected chi connectivity index (χ1v) is 24.2. The van der Waals surface area contributed by atoms with Gasteiger partial charge in [-0.25, -0.2) is 9.97 Å². The second-order valence-corrected chi connectivity index (χ2v) is 17.9. The molecule has 72 heavy (non-hydrogen) atoms. The summed E-state index contributed by atoms with van der Waals surface area (Å²) in [5.41, 5.74) is 22.5. The zero-order valence-electron chi connectivity index (χ0n) is 39.3. The standard InChI is InChI=1S/C68H46N4/c1-4-18-47(19-5-1)50-24-16-26-52(38-50)66-36-34-54(43-69-66)60-28-10-12-30-62(60)56-40-57(42-58(41-56)64-32-14-15-33-65(64)59-45-71-68(72-46-59)49-22-8-3-9-23-49)63-31-13-11-29-61(63)55-35-37-67(70-44-55)53-27-17-25-51(39-53)48-20-6-2-7-21-48/h1-46H. The van der Waals surface area contributed by atoms with E-state index < -0.39 is 0 Å². The van der Waals surface area contributed by atoms with Crippen LogP contribution in [0.15, 0.2) is 280 Å². The van der Waals surface area contributed by atoms with Crippen LogP contribution in [0.4, 0.5) is 0 Å². The predicted molar refractivity (Wildman–Crippen MR) is 297 cm³/mol. The lowest BCUT2D eigenvalue weighted by atomic mass is 9.86. The van der Waals surface area contributed by atoms with Gasteiger partial charge in [-0.2, -0.15) is 0 Å². The Morgan fingerprint density at radius 3 is 0.833 bits per heavy atom. The van der Waals surface area contributed by atoms with Gasteiger partial charge in [-0.15, -0.1) is 0 Å². The largest absolute Gasteiger partial charge is 0.256 e. The molecule has 0 saturated heterocycles. The lowest BCUT2D eigenvalue weighted by Gasteiger charge is -2.18. The maximum Gasteiger partial charge on any atom is 0.159 e. The SMILES string of the molecule is c1ccc(-c2cccc(-c3ccc(-c4ccccc4-c4cc(-c5ccccc5-c5ccc(-c6cccc(-c7ccccc7)c6)nc5)cc(-c5ccccc5-c5cnc(-c6ccccc6)nc5)c4)cn3)c2)cc1. The van der Waals surface area contributed by atoms with Gasteiger partial charge < -0.3 is 0 Å². The number of aromatic nitrogens is 4. The summed E-state index contributed by atoms with van der Waals surface area (Å²) < 4.78 is 0. The first kappa shape index (κ1) is 43.6. The molecule has 0 atom stereocenters. The van der Waals surface area contributed by atoms with Crippen molar-refractivity contribution in [2.75, 3.05) is 0 Å². The molecular weight excluding hydrogens is 873 g/mol. The van der Waals surface area contributed by atoms with Crippen LogP contribution in [0.2, 0.25) is 0 Å². The molecule has 12 aromatic rings. The van der Waals surface area contributed by atoms with Crippen LogP contribution in [0.5, 0.6) is 0 Å². The van der Waals surface area contributed by atoms with Gasteiger partial charge in [0.05, 0.1) is 11.4 Å². The summed E-state index contributed by atoms with van der Waals surface area (Å²) in [6.07, 6.45) is 7.89. The Kier molecular flexibility index (Phi) is 12.0. The van der Waals surface area contributed by atoms with Crippen molar-refractivity contribution in [2.45, 2.75) is 0 Å². The quantitative estimate of drug-likeness (QED) is 0.130. The van der Waals surface area contributed by atoms with Gasteiger partial charge in [-0.05, 0) is 115 Å². The van der Waals surface area contributed by atoms with Crippen molar-refractivity contribution in [3.05, 3.63) is 280 Å². The fraction of sp³-hybridized carbons (Fsp3) is 0. The molecule has 3 heterocycles. The third kappa shape index (κ3) is 9.04. The molecule has 3 aromatic heterocycles. The summed E-state index contributed by atoms with van der Waals surface area (Å²) in [7, 11) is 0. The summed E-state index contributed by atoms with van der Waals surface area (Å²) in [4.78, 5) is 19.8. The zero-order chi connectivity index (χ0) is 48.1. The van der Waals surface area contributed by atoms with E-state index in [4.69, 9.17) is 19.9 Å². The van der Waals surface area contributed by atoms with E-state index in [0.717, 1.165) is 106 Å². The molecule has 0 aliphatic carbocycles. The van der Waals surface area contributed by atoms with Crippen LogP contribution in [0.25, 0.3) is 123 Å². The van der Waals surface area contributed by atoms with E-state index in [1.165, 1.54) is 11.1 Å². The average Bonchev–Trinajstić information content (AvgIpc) is 3.48. The summed E-state index contributed by atoms with van der Waals surface area (Å²) in [5.74, 6) is 0.695. The summed E-state index contributed by atoms with van der Waals surface area (Å²) in [6, 6.07) is 89.8. The van der Waals surface area contributed by atoms with E-state index in [2.05, 4.69) is 212 Å². The molecule has 12 rings (SSSR count). The molecule has 0 N–H and O–H groups in total. The molecule has 0 saturated carbocycles. The summed E-state index contributed by atoms with van der Waals surface area (Å²) in [5, 5.41) is 0. The summed E-state index contributed by atoms with van der Waals surface area (Å²) >= 11 is 0. The van der Waals surface area contributed by atoms with E-state index >= 15 is 0 Å². The molecule has 0 aliphatic rings. The van der Waals surface area contributed by atoms with Crippen molar-refractivity contribution in [2.24, 2.45) is 0 Å². The molecule has 0 aliphatic heterocycles. The van der Waals surface area contributed by atoms with E-state index in [-0.39, 0.29) is 0 Å². The van der Waals surface area contributed by atoms with Crippen LogP contribution >= 0.6 is 0 Å². The Balaban J connectivity index is 0.956.